The minimum atomic E-state index is -3.60. The van der Waals surface area contributed by atoms with Crippen LogP contribution in [0.1, 0.15) is 50.7 Å². The molecular formula is C60H77B2Br2ClN18O6S2-. The summed E-state index contributed by atoms with van der Waals surface area (Å²) in [6.07, 6.45) is 18.0. The minimum absolute atomic E-state index is 0.0595. The highest BCUT2D eigenvalue weighted by Crippen LogP contribution is 2.41. The Morgan fingerprint density at radius 3 is 1.45 bits per heavy atom. The summed E-state index contributed by atoms with van der Waals surface area (Å²) >= 11 is 12.7. The minimum Gasteiger partial charge on any atom is -0.693 e. The number of ether oxygens (including phenoxy) is 2. The van der Waals surface area contributed by atoms with Crippen LogP contribution in [0.3, 0.4) is 0 Å². The highest BCUT2D eigenvalue weighted by molar-refractivity contribution is 9.11. The van der Waals surface area contributed by atoms with Crippen molar-refractivity contribution in [2.75, 3.05) is 135 Å². The first-order valence-corrected chi connectivity index (χ1v) is 34.7. The summed E-state index contributed by atoms with van der Waals surface area (Å²) in [7, 11) is 15.8. The van der Waals surface area contributed by atoms with Crippen LogP contribution < -0.4 is 49.6 Å². The molecule has 6 heterocycles. The van der Waals surface area contributed by atoms with Gasteiger partial charge in [0.1, 0.15) is 45.5 Å². The Bertz CT molecular complexity index is 4040. The number of methoxy groups -OCH3 is 2. The van der Waals surface area contributed by atoms with Gasteiger partial charge in [-0.15, -0.1) is 0 Å². The number of aryl methyl sites for hydroxylation is 2. The lowest BCUT2D eigenvalue weighted by atomic mass is 9.81. The van der Waals surface area contributed by atoms with Gasteiger partial charge in [0.15, 0.2) is 0 Å². The first kappa shape index (κ1) is 71.4. The molecule has 91 heavy (non-hydrogen) atoms. The van der Waals surface area contributed by atoms with Crippen molar-refractivity contribution in [1.82, 2.24) is 49.7 Å². The van der Waals surface area contributed by atoms with Crippen LogP contribution in [0.15, 0.2) is 94.7 Å². The number of aromatic nitrogens is 8. The zero-order valence-corrected chi connectivity index (χ0v) is 58.8. The van der Waals surface area contributed by atoms with Crippen molar-refractivity contribution < 1.29 is 26.3 Å². The number of anilines is 11. The van der Waals surface area contributed by atoms with Gasteiger partial charge < -0.3 is 66.2 Å². The van der Waals surface area contributed by atoms with Crippen molar-refractivity contribution in [3.05, 3.63) is 111 Å². The smallest absolute Gasteiger partial charge is 0.232 e. The van der Waals surface area contributed by atoms with E-state index in [0.717, 1.165) is 85.8 Å². The molecule has 0 amide bonds. The van der Waals surface area contributed by atoms with E-state index >= 15 is 0 Å². The molecule has 10 rings (SSSR count). The first-order chi connectivity index (χ1) is 43.3. The van der Waals surface area contributed by atoms with Gasteiger partial charge in [0.25, 0.3) is 0 Å². The van der Waals surface area contributed by atoms with Gasteiger partial charge in [-0.3, -0.25) is 28.5 Å². The van der Waals surface area contributed by atoms with Crippen molar-refractivity contribution >= 4 is 164 Å². The van der Waals surface area contributed by atoms with Crippen LogP contribution >= 0.6 is 43.5 Å². The lowest BCUT2D eigenvalue weighted by Crippen LogP contribution is -2.42. The summed E-state index contributed by atoms with van der Waals surface area (Å²) in [5.41, 5.74) is 16.2. The van der Waals surface area contributed by atoms with Gasteiger partial charge in [0.05, 0.1) is 69.5 Å². The van der Waals surface area contributed by atoms with Crippen LogP contribution in [-0.4, -0.2) is 189 Å². The van der Waals surface area contributed by atoms with E-state index in [2.05, 4.69) is 184 Å². The molecule has 5 radical (unpaired) electrons. The van der Waals surface area contributed by atoms with Crippen LogP contribution in [0, 0.1) is 0 Å². The molecule has 2 saturated heterocycles. The zero-order chi connectivity index (χ0) is 66.5. The number of rotatable bonds is 18. The molecule has 0 unspecified atom stereocenters. The van der Waals surface area contributed by atoms with E-state index in [1.54, 1.807) is 57.1 Å². The second-order valence-corrected chi connectivity index (χ2v) is 27.9. The number of nitrogen functional groups attached to an aromatic ring is 1. The fraction of sp³-hybridized carbons (Fsp3) is 0.400. The number of hydrogen-bond acceptors (Lipinski definition) is 22. The topological polar surface area (TPSA) is 271 Å². The molecule has 5 N–H and O–H groups in total. The third-order valence-corrected chi connectivity index (χ3v) is 19.4. The number of benzene rings is 4. The van der Waals surface area contributed by atoms with Gasteiger partial charge in [-0.1, -0.05) is 13.8 Å². The number of hydrogen-bond donors (Lipinski definition) is 4. The number of halogens is 3. The van der Waals surface area contributed by atoms with E-state index in [0.29, 0.717) is 89.2 Å². The maximum atomic E-state index is 12.6. The normalized spacial score (nSPS) is 13.8. The zero-order valence-electron chi connectivity index (χ0n) is 53.2. The van der Waals surface area contributed by atoms with Crippen LogP contribution in [0.25, 0.3) is 22.1 Å². The van der Waals surface area contributed by atoms with Crippen molar-refractivity contribution in [3.8, 4) is 11.5 Å². The second-order valence-electron chi connectivity index (χ2n) is 21.8. The fourth-order valence-corrected chi connectivity index (χ4v) is 12.4. The van der Waals surface area contributed by atoms with E-state index in [9.17, 15) is 16.8 Å². The molecule has 0 saturated carbocycles. The molecule has 483 valence electrons. The molecule has 2 fully saturated rings. The Labute approximate surface area is 558 Å². The van der Waals surface area contributed by atoms with Gasteiger partial charge in [0, 0.05) is 113 Å². The van der Waals surface area contributed by atoms with Crippen LogP contribution in [-0.2, 0) is 32.9 Å². The Morgan fingerprint density at radius 1 is 0.604 bits per heavy atom. The number of nitrogens with one attached hydrogen (secondary N) is 3. The maximum absolute atomic E-state index is 12.6. The predicted molar refractivity (Wildman–Crippen MR) is 378 cm³/mol. The summed E-state index contributed by atoms with van der Waals surface area (Å²) in [6.45, 7) is 8.52. The monoisotopic (exact) mass is 1420 g/mol. The molecule has 2 aliphatic heterocycles. The summed E-state index contributed by atoms with van der Waals surface area (Å²) in [5, 5.41) is 9.74. The summed E-state index contributed by atoms with van der Waals surface area (Å²) < 4.78 is 64.0. The van der Waals surface area contributed by atoms with E-state index < -0.39 is 20.0 Å². The highest BCUT2D eigenvalue weighted by atomic mass is 79.9. The van der Waals surface area contributed by atoms with E-state index in [4.69, 9.17) is 31.8 Å². The molecule has 0 aliphatic carbocycles. The predicted octanol–water partition coefficient (Wildman–Crippen LogP) is 9.75. The quantitative estimate of drug-likeness (QED) is 0.0353. The second kappa shape index (κ2) is 32.0. The third-order valence-electron chi connectivity index (χ3n) is 15.7. The van der Waals surface area contributed by atoms with Crippen molar-refractivity contribution in [2.45, 2.75) is 64.5 Å². The number of nitrogens with two attached hydrogens (primary N) is 1. The van der Waals surface area contributed by atoms with Crippen LogP contribution in [0.4, 0.5) is 63.1 Å². The van der Waals surface area contributed by atoms with Crippen LogP contribution in [0.2, 0.25) is 5.28 Å². The molecule has 8 aromatic rings. The molecular weight excluding hydrogens is 1350 g/mol. The number of piperidine rings is 2. The molecule has 4 aromatic carbocycles. The van der Waals surface area contributed by atoms with E-state index in [-0.39, 0.29) is 5.28 Å². The Morgan fingerprint density at radius 2 is 1.02 bits per heavy atom. The molecule has 2 aliphatic rings. The van der Waals surface area contributed by atoms with Gasteiger partial charge in [-0.2, -0.15) is 9.97 Å². The molecule has 0 spiro atoms. The van der Waals surface area contributed by atoms with Crippen molar-refractivity contribution in [2.24, 2.45) is 0 Å². The van der Waals surface area contributed by atoms with E-state index in [1.807, 2.05) is 0 Å². The van der Waals surface area contributed by atoms with Gasteiger partial charge in [-0.25, -0.2) is 26.8 Å². The number of fused-ring (bicyclic) bond motifs is 2. The average Bonchev–Trinajstić information content (AvgIpc) is 0.931. The van der Waals surface area contributed by atoms with Crippen LogP contribution in [0.5, 0.6) is 11.5 Å². The lowest BCUT2D eigenvalue weighted by Gasteiger charge is -2.37. The summed E-state index contributed by atoms with van der Waals surface area (Å²) in [6, 6.07) is 16.6. The summed E-state index contributed by atoms with van der Waals surface area (Å²) in [5.74, 6) is 2.65. The SMILES string of the molecule is CCc1cc(N)c(OC)cc1N1CCC(N(C)C)CC1.CCc1cc(Nc2ncc(Br)c(Nc3ccc4nccnc4c3N(C)S(C)(=O)=O)n2)c(OC)cc1N1CCC(N(C)C)CC1.CN(c1c(Nc2nc(Cl)ncc2Br)ccc2nccnc12)S(C)(=O)=O.[B][B-]. The Balaban J connectivity index is 0.000000211. The lowest BCUT2D eigenvalue weighted by molar-refractivity contribution is 0.249. The Kier molecular flexibility index (Phi) is 25.1. The van der Waals surface area contributed by atoms with Gasteiger partial charge >= 0.3 is 0 Å². The number of sulfonamides is 2. The van der Waals surface area contributed by atoms with Crippen molar-refractivity contribution in [3.63, 3.8) is 0 Å². The van der Waals surface area contributed by atoms with Gasteiger partial charge in [0.2, 0.25) is 31.3 Å². The fourth-order valence-electron chi connectivity index (χ4n) is 10.6. The highest BCUT2D eigenvalue weighted by Gasteiger charge is 2.27. The molecule has 0 atom stereocenters. The Hall–Kier alpha value is -7.08. The van der Waals surface area contributed by atoms with Gasteiger partial charge in [-0.05, 0) is 158 Å². The van der Waals surface area contributed by atoms with E-state index in [1.165, 1.54) is 72.3 Å². The maximum Gasteiger partial charge on any atom is 0.232 e. The molecule has 24 nitrogen and oxygen atoms in total. The standard InChI is InChI=1S/C30H38BrN9O3S.C16H27N3O.C14H12BrClN6O2S.B2/c1-7-19-16-24(26(43-5)17-25(19)40-14-10-20(11-15-40)38(2)3)36-30-34-18-21(31)29(37-30)35-23-9-8-22-27(33-13-12-32-22)28(23)39(4)44(6,41)42;1-5-12-10-14(17)16(20-4)11-15(12)19-8-6-13(7-9-19)18(2)3;1-22(25(2,23)24)12-10(4-3-9-11(12)18-6-5-17-9)20-13-8(15)7-19-14(16)21-13;1-2/h8-9,12-13,16-18,20H,7,10-11,14-15H2,1-6H3,(H2,34,35,36,37);10-11,13H,5-9,17H2,1-4H3;3-7H,1-2H3,(H,19,20,21);/q;;;-1. The number of nitrogens with zero attached hydrogens (tertiary/aromatic N) is 14. The first-order valence-electron chi connectivity index (χ1n) is 29.0. The third kappa shape index (κ3) is 17.7. The van der Waals surface area contributed by atoms with Crippen molar-refractivity contribution in [1.29, 1.82) is 0 Å². The average molecular weight is 1430 g/mol. The molecule has 31 heteroatoms. The molecule has 0 bridgehead atoms. The summed E-state index contributed by atoms with van der Waals surface area (Å²) in [4.78, 5) is 44.0. The molecule has 4 aromatic heterocycles. The largest absolute Gasteiger partial charge is 0.693 e.